The quantitative estimate of drug-likeness (QED) is 0.455. The summed E-state index contributed by atoms with van der Waals surface area (Å²) >= 11 is 6.20. The number of hydrogen-bond donors (Lipinski definition) is 1. The van der Waals surface area contributed by atoms with Crippen molar-refractivity contribution in [3.63, 3.8) is 0 Å². The number of esters is 1. The number of aryl methyl sites for hydroxylation is 2. The zero-order valence-electron chi connectivity index (χ0n) is 17.3. The predicted octanol–water partition coefficient (Wildman–Crippen LogP) is 1.33. The Kier molecular flexibility index (Phi) is 5.13. The van der Waals surface area contributed by atoms with Gasteiger partial charge in [0, 0.05) is 24.5 Å². The second-order valence-corrected chi connectivity index (χ2v) is 7.58. The van der Waals surface area contributed by atoms with Gasteiger partial charge in [-0.25, -0.2) is 19.1 Å². The van der Waals surface area contributed by atoms with E-state index in [1.54, 1.807) is 25.2 Å². The summed E-state index contributed by atoms with van der Waals surface area (Å²) in [5, 5.41) is 10.6. The molecule has 32 heavy (non-hydrogen) atoms. The average Bonchev–Trinajstić information content (AvgIpc) is 3.28. The van der Waals surface area contributed by atoms with Crippen LogP contribution in [0.15, 0.2) is 33.9 Å². The number of nitrogens with zero attached hydrogens (tertiary/aromatic N) is 5. The molecule has 0 aliphatic rings. The molecule has 1 N–H and O–H groups in total. The molecular formula is C20H18ClN5O6. The van der Waals surface area contributed by atoms with E-state index in [1.807, 2.05) is 0 Å². The van der Waals surface area contributed by atoms with Gasteiger partial charge >= 0.3 is 17.8 Å². The summed E-state index contributed by atoms with van der Waals surface area (Å²) in [6.45, 7) is -0.309. The van der Waals surface area contributed by atoms with Crippen LogP contribution < -0.4 is 11.2 Å². The molecule has 166 valence electrons. The minimum absolute atomic E-state index is 0.0991. The molecule has 4 rings (SSSR count). The monoisotopic (exact) mass is 459 g/mol. The topological polar surface area (TPSA) is 130 Å². The Morgan fingerprint density at radius 2 is 1.91 bits per heavy atom. The predicted molar refractivity (Wildman–Crippen MR) is 115 cm³/mol. The van der Waals surface area contributed by atoms with Crippen molar-refractivity contribution in [2.45, 2.75) is 13.0 Å². The molecule has 0 spiro atoms. The van der Waals surface area contributed by atoms with Gasteiger partial charge in [-0.1, -0.05) is 17.7 Å². The van der Waals surface area contributed by atoms with Crippen molar-refractivity contribution in [2.24, 2.45) is 14.1 Å². The van der Waals surface area contributed by atoms with Gasteiger partial charge in [-0.3, -0.25) is 18.7 Å². The first-order chi connectivity index (χ1) is 15.1. The fourth-order valence-electron chi connectivity index (χ4n) is 3.74. The van der Waals surface area contributed by atoms with E-state index in [2.05, 4.69) is 9.72 Å². The number of hydrogen-bond acceptors (Lipinski definition) is 6. The third-order valence-corrected chi connectivity index (χ3v) is 5.69. The van der Waals surface area contributed by atoms with E-state index in [4.69, 9.17) is 11.6 Å². The summed E-state index contributed by atoms with van der Waals surface area (Å²) in [7, 11) is 4.23. The van der Waals surface area contributed by atoms with Gasteiger partial charge in [0.2, 0.25) is 0 Å². The van der Waals surface area contributed by atoms with Gasteiger partial charge in [-0.2, -0.15) is 0 Å². The Labute approximate surface area is 184 Å². The molecule has 1 aromatic carbocycles. The lowest BCUT2D eigenvalue weighted by Gasteiger charge is -2.10. The van der Waals surface area contributed by atoms with Gasteiger partial charge < -0.3 is 14.4 Å². The Balaban J connectivity index is 1.94. The average molecular weight is 460 g/mol. The van der Waals surface area contributed by atoms with E-state index in [0.717, 1.165) is 9.13 Å². The standard InChI is InChI=1S/C20H18ClN5O6/c1-23-14(8-15(27)32-3)22-17-16(23)18(28)25(19(29)24(17)2)9-10-7-11-12(21)5-4-6-13(11)26(10)20(30)31/h4-7H,8-9H2,1-3H3,(H,30,31). The molecule has 12 heteroatoms. The first-order valence-corrected chi connectivity index (χ1v) is 9.77. The highest BCUT2D eigenvalue weighted by molar-refractivity contribution is 6.35. The van der Waals surface area contributed by atoms with Crippen LogP contribution in [0.4, 0.5) is 4.79 Å². The number of imidazole rings is 1. The van der Waals surface area contributed by atoms with Crippen LogP contribution in [0, 0.1) is 0 Å². The molecule has 0 saturated heterocycles. The first-order valence-electron chi connectivity index (χ1n) is 9.39. The molecule has 4 aromatic rings. The van der Waals surface area contributed by atoms with Gasteiger partial charge in [-0.05, 0) is 18.2 Å². The summed E-state index contributed by atoms with van der Waals surface area (Å²) in [4.78, 5) is 54.1. The summed E-state index contributed by atoms with van der Waals surface area (Å²) in [6, 6.07) is 6.36. The largest absolute Gasteiger partial charge is 0.469 e. The number of rotatable bonds is 4. The Hall–Kier alpha value is -3.86. The van der Waals surface area contributed by atoms with Crippen molar-refractivity contribution < 1.29 is 19.4 Å². The SMILES string of the molecule is COC(=O)Cc1nc2c(c(=O)n(Cc3cc4c(Cl)cccc4n3C(=O)O)c(=O)n2C)n1C. The number of fused-ring (bicyclic) bond motifs is 2. The molecule has 0 unspecified atom stereocenters. The Morgan fingerprint density at radius 3 is 2.56 bits per heavy atom. The van der Waals surface area contributed by atoms with Crippen LogP contribution in [0.5, 0.6) is 0 Å². The van der Waals surface area contributed by atoms with Crippen molar-refractivity contribution in [3.05, 3.63) is 61.6 Å². The second kappa shape index (κ2) is 7.68. The number of aromatic nitrogens is 5. The van der Waals surface area contributed by atoms with Crippen molar-refractivity contribution >= 4 is 45.7 Å². The van der Waals surface area contributed by atoms with Gasteiger partial charge in [0.05, 0.1) is 24.9 Å². The fraction of sp³-hybridized carbons (Fsp3) is 0.250. The van der Waals surface area contributed by atoms with Crippen molar-refractivity contribution in [1.29, 1.82) is 0 Å². The molecule has 3 aromatic heterocycles. The normalized spacial score (nSPS) is 11.4. The molecular weight excluding hydrogens is 442 g/mol. The molecule has 11 nitrogen and oxygen atoms in total. The smallest absolute Gasteiger partial charge is 0.416 e. The molecule has 0 aliphatic heterocycles. The molecule has 0 saturated carbocycles. The molecule has 0 bridgehead atoms. The van der Waals surface area contributed by atoms with Crippen molar-refractivity contribution in [2.75, 3.05) is 7.11 Å². The summed E-state index contributed by atoms with van der Waals surface area (Å²) < 4.78 is 9.17. The molecule has 0 radical (unpaired) electrons. The summed E-state index contributed by atoms with van der Waals surface area (Å²) in [5.74, 6) is -0.292. The van der Waals surface area contributed by atoms with Crippen LogP contribution in [0.25, 0.3) is 22.1 Å². The van der Waals surface area contributed by atoms with Gasteiger partial charge in [0.1, 0.15) is 12.2 Å². The van der Waals surface area contributed by atoms with E-state index in [1.165, 1.54) is 29.4 Å². The molecule has 3 heterocycles. The fourth-order valence-corrected chi connectivity index (χ4v) is 3.97. The van der Waals surface area contributed by atoms with Crippen LogP contribution in [0.1, 0.15) is 11.5 Å². The van der Waals surface area contributed by atoms with Crippen LogP contribution in [-0.4, -0.2) is 47.5 Å². The number of halogens is 1. The highest BCUT2D eigenvalue weighted by Crippen LogP contribution is 2.27. The lowest BCUT2D eigenvalue weighted by molar-refractivity contribution is -0.139. The van der Waals surface area contributed by atoms with Crippen molar-refractivity contribution in [3.8, 4) is 0 Å². The van der Waals surface area contributed by atoms with Crippen LogP contribution in [-0.2, 0) is 36.6 Å². The van der Waals surface area contributed by atoms with E-state index < -0.39 is 23.3 Å². The number of benzene rings is 1. The number of carbonyl (C=O) groups is 2. The molecule has 0 fully saturated rings. The third-order valence-electron chi connectivity index (χ3n) is 5.36. The van der Waals surface area contributed by atoms with E-state index in [9.17, 15) is 24.3 Å². The summed E-state index contributed by atoms with van der Waals surface area (Å²) in [5.41, 5.74) is -0.606. The lowest BCUT2D eigenvalue weighted by Crippen LogP contribution is -2.40. The van der Waals surface area contributed by atoms with Crippen LogP contribution in [0.3, 0.4) is 0 Å². The summed E-state index contributed by atoms with van der Waals surface area (Å²) in [6.07, 6.45) is -1.45. The first kappa shape index (κ1) is 21.4. The molecule has 0 amide bonds. The van der Waals surface area contributed by atoms with Gasteiger partial charge in [0.25, 0.3) is 5.56 Å². The van der Waals surface area contributed by atoms with Gasteiger partial charge in [0.15, 0.2) is 11.2 Å². The maximum atomic E-state index is 13.2. The van der Waals surface area contributed by atoms with E-state index in [0.29, 0.717) is 15.9 Å². The Morgan fingerprint density at radius 1 is 1.19 bits per heavy atom. The lowest BCUT2D eigenvalue weighted by atomic mass is 10.2. The zero-order chi connectivity index (χ0) is 23.3. The maximum Gasteiger partial charge on any atom is 0.416 e. The maximum absolute atomic E-state index is 13.2. The third kappa shape index (κ3) is 3.17. The van der Waals surface area contributed by atoms with Crippen LogP contribution in [0.2, 0.25) is 5.02 Å². The highest BCUT2D eigenvalue weighted by atomic mass is 35.5. The number of carboxylic acid groups (broad SMARTS) is 1. The minimum atomic E-state index is -1.27. The number of ether oxygens (including phenoxy) is 1. The van der Waals surface area contributed by atoms with Crippen LogP contribution >= 0.6 is 11.6 Å². The highest BCUT2D eigenvalue weighted by Gasteiger charge is 2.22. The number of methoxy groups -OCH3 is 1. The van der Waals surface area contributed by atoms with E-state index >= 15 is 0 Å². The second-order valence-electron chi connectivity index (χ2n) is 7.17. The molecule has 0 atom stereocenters. The van der Waals surface area contributed by atoms with Gasteiger partial charge in [-0.15, -0.1) is 0 Å². The van der Waals surface area contributed by atoms with Crippen molar-refractivity contribution in [1.82, 2.24) is 23.3 Å². The minimum Gasteiger partial charge on any atom is -0.469 e. The van der Waals surface area contributed by atoms with E-state index in [-0.39, 0.29) is 35.6 Å². The zero-order valence-corrected chi connectivity index (χ0v) is 18.1. The molecule has 0 aliphatic carbocycles. The number of carbonyl (C=O) groups excluding carboxylic acids is 1. The Bertz CT molecular complexity index is 1540.